The number of aliphatic hydroxyl groups is 1. The Bertz CT molecular complexity index is 1420. The molecule has 40 heavy (non-hydrogen) atoms. The van der Waals surface area contributed by atoms with Crippen LogP contribution in [0.1, 0.15) is 42.3 Å². The van der Waals surface area contributed by atoms with Gasteiger partial charge >= 0.3 is 0 Å². The SMILES string of the molecule is CC(=O)N([C@@H](Cc1ccccc1)C(O)C#N)N1C(=O)[C@@H](C(C)C)N(C(=O)c2cccnc2)C=C1c1ccccc1. The second kappa shape index (κ2) is 12.4. The van der Waals surface area contributed by atoms with Gasteiger partial charge in [-0.1, -0.05) is 74.5 Å². The molecule has 0 saturated heterocycles. The van der Waals surface area contributed by atoms with Gasteiger partial charge in [0.15, 0.2) is 6.10 Å². The number of hydrazine groups is 1. The van der Waals surface area contributed by atoms with Crippen molar-refractivity contribution < 1.29 is 19.5 Å². The molecule has 0 saturated carbocycles. The van der Waals surface area contributed by atoms with Gasteiger partial charge in [0.2, 0.25) is 5.91 Å². The van der Waals surface area contributed by atoms with Gasteiger partial charge in [-0.15, -0.1) is 0 Å². The van der Waals surface area contributed by atoms with Crippen LogP contribution in [0.15, 0.2) is 91.4 Å². The van der Waals surface area contributed by atoms with Gasteiger partial charge in [0.25, 0.3) is 11.8 Å². The lowest BCUT2D eigenvalue weighted by Gasteiger charge is -2.47. The van der Waals surface area contributed by atoms with E-state index in [1.54, 1.807) is 48.8 Å². The van der Waals surface area contributed by atoms with Crippen LogP contribution in [-0.2, 0) is 16.0 Å². The summed E-state index contributed by atoms with van der Waals surface area (Å²) in [6, 6.07) is 21.1. The number of benzene rings is 2. The highest BCUT2D eigenvalue weighted by atomic mass is 16.3. The summed E-state index contributed by atoms with van der Waals surface area (Å²) in [5, 5.41) is 23.0. The maximum Gasteiger partial charge on any atom is 0.269 e. The number of pyridine rings is 1. The Morgan fingerprint density at radius 1 is 1.05 bits per heavy atom. The maximum absolute atomic E-state index is 14.4. The third kappa shape index (κ3) is 5.77. The van der Waals surface area contributed by atoms with Crippen molar-refractivity contribution in [3.63, 3.8) is 0 Å². The number of hydrogen-bond donors (Lipinski definition) is 1. The summed E-state index contributed by atoms with van der Waals surface area (Å²) in [5.41, 5.74) is 1.91. The number of rotatable bonds is 8. The molecule has 1 N–H and O–H groups in total. The Balaban J connectivity index is 1.91. The van der Waals surface area contributed by atoms with Crippen LogP contribution in [0.3, 0.4) is 0 Å². The van der Waals surface area contributed by atoms with Gasteiger partial charge in [0.1, 0.15) is 6.04 Å². The van der Waals surface area contributed by atoms with Crippen molar-refractivity contribution >= 4 is 23.4 Å². The monoisotopic (exact) mass is 537 g/mol. The quantitative estimate of drug-likeness (QED) is 0.439. The van der Waals surface area contributed by atoms with Crippen LogP contribution in [0.2, 0.25) is 0 Å². The zero-order valence-electron chi connectivity index (χ0n) is 22.6. The Morgan fingerprint density at radius 3 is 2.25 bits per heavy atom. The fourth-order valence-electron chi connectivity index (χ4n) is 4.88. The van der Waals surface area contributed by atoms with Crippen molar-refractivity contribution in [2.24, 2.45) is 5.92 Å². The molecule has 1 aliphatic rings. The van der Waals surface area contributed by atoms with Crippen molar-refractivity contribution in [1.82, 2.24) is 19.9 Å². The van der Waals surface area contributed by atoms with Crippen molar-refractivity contribution in [3.8, 4) is 6.07 Å². The first kappa shape index (κ1) is 28.2. The van der Waals surface area contributed by atoms with Gasteiger partial charge in [-0.25, -0.2) is 10.0 Å². The predicted molar refractivity (Wildman–Crippen MR) is 148 cm³/mol. The Morgan fingerprint density at radius 2 is 1.70 bits per heavy atom. The molecule has 0 spiro atoms. The molecule has 1 unspecified atom stereocenters. The second-order valence-corrected chi connectivity index (χ2v) is 9.87. The first-order valence-corrected chi connectivity index (χ1v) is 13.0. The van der Waals surface area contributed by atoms with Crippen LogP contribution in [-0.4, -0.2) is 60.9 Å². The van der Waals surface area contributed by atoms with Gasteiger partial charge in [0.05, 0.1) is 23.4 Å². The summed E-state index contributed by atoms with van der Waals surface area (Å²) >= 11 is 0. The van der Waals surface area contributed by atoms with Gasteiger partial charge in [0, 0.05) is 31.1 Å². The lowest BCUT2D eigenvalue weighted by Crippen LogP contribution is -2.64. The molecule has 0 fully saturated rings. The molecule has 2 aromatic carbocycles. The van der Waals surface area contributed by atoms with Crippen molar-refractivity contribution in [2.75, 3.05) is 0 Å². The van der Waals surface area contributed by atoms with Crippen LogP contribution in [0.25, 0.3) is 5.70 Å². The summed E-state index contributed by atoms with van der Waals surface area (Å²) in [4.78, 5) is 46.9. The zero-order chi connectivity index (χ0) is 28.8. The van der Waals surface area contributed by atoms with E-state index in [1.165, 1.54) is 23.0 Å². The van der Waals surface area contributed by atoms with E-state index >= 15 is 0 Å². The highest BCUT2D eigenvalue weighted by molar-refractivity contribution is 6.03. The minimum absolute atomic E-state index is 0.117. The van der Waals surface area contributed by atoms with E-state index in [4.69, 9.17) is 0 Å². The topological polar surface area (TPSA) is 118 Å². The van der Waals surface area contributed by atoms with Gasteiger partial charge < -0.3 is 5.11 Å². The molecule has 204 valence electrons. The summed E-state index contributed by atoms with van der Waals surface area (Å²) in [7, 11) is 0. The van der Waals surface area contributed by atoms with Crippen LogP contribution < -0.4 is 0 Å². The average molecular weight is 538 g/mol. The zero-order valence-corrected chi connectivity index (χ0v) is 22.6. The predicted octanol–water partition coefficient (Wildman–Crippen LogP) is 3.65. The van der Waals surface area contributed by atoms with Crippen molar-refractivity contribution in [2.45, 2.75) is 45.4 Å². The van der Waals surface area contributed by atoms with E-state index in [1.807, 2.05) is 56.3 Å². The number of nitrogens with zero attached hydrogens (tertiary/aromatic N) is 5. The Kier molecular flexibility index (Phi) is 8.72. The highest BCUT2D eigenvalue weighted by Gasteiger charge is 2.46. The molecule has 0 bridgehead atoms. The number of hydrogen-bond acceptors (Lipinski definition) is 6. The molecule has 1 aliphatic heterocycles. The molecule has 3 aromatic rings. The van der Waals surface area contributed by atoms with Crippen LogP contribution in [0.5, 0.6) is 0 Å². The summed E-state index contributed by atoms with van der Waals surface area (Å²) < 4.78 is 0. The highest BCUT2D eigenvalue weighted by Crippen LogP contribution is 2.34. The van der Waals surface area contributed by atoms with Gasteiger partial charge in [-0.2, -0.15) is 5.26 Å². The van der Waals surface area contributed by atoms with E-state index in [2.05, 4.69) is 4.98 Å². The molecule has 1 aromatic heterocycles. The van der Waals surface area contributed by atoms with Crippen molar-refractivity contribution in [1.29, 1.82) is 5.26 Å². The number of amides is 3. The van der Waals surface area contributed by atoms with Crippen LogP contribution in [0.4, 0.5) is 0 Å². The van der Waals surface area contributed by atoms with Crippen molar-refractivity contribution in [3.05, 3.63) is 108 Å². The number of nitriles is 1. The minimum Gasteiger partial charge on any atom is -0.376 e. The fourth-order valence-corrected chi connectivity index (χ4v) is 4.88. The Hall–Kier alpha value is -4.81. The Labute approximate surface area is 233 Å². The minimum atomic E-state index is -1.60. The average Bonchev–Trinajstić information content (AvgIpc) is 2.97. The largest absolute Gasteiger partial charge is 0.376 e. The molecular weight excluding hydrogens is 506 g/mol. The molecule has 3 amide bonds. The molecule has 0 aliphatic carbocycles. The molecule has 4 rings (SSSR count). The summed E-state index contributed by atoms with van der Waals surface area (Å²) in [6.45, 7) is 4.92. The van der Waals surface area contributed by atoms with E-state index in [0.29, 0.717) is 11.1 Å². The number of carbonyl (C=O) groups excluding carboxylic acids is 3. The smallest absolute Gasteiger partial charge is 0.269 e. The number of carbonyl (C=O) groups is 3. The third-order valence-corrected chi connectivity index (χ3v) is 6.73. The lowest BCUT2D eigenvalue weighted by molar-refractivity contribution is -0.167. The van der Waals surface area contributed by atoms with E-state index in [-0.39, 0.29) is 18.0 Å². The van der Waals surface area contributed by atoms with E-state index < -0.39 is 35.9 Å². The van der Waals surface area contributed by atoms with E-state index in [9.17, 15) is 24.8 Å². The normalized spacial score (nSPS) is 16.6. The number of aromatic nitrogens is 1. The summed E-state index contributed by atoms with van der Waals surface area (Å²) in [6.07, 6.45) is 3.08. The molecule has 3 atom stereocenters. The standard InChI is InChI=1S/C31H31N5O4/c1-21(2)29-31(40)36(35(22(3)37)26(28(38)18-32)17-23-11-6-4-7-12-23)27(24-13-8-5-9-14-24)20-34(29)30(39)25-15-10-16-33-19-25/h4-16,19-21,26,28-29,38H,17H2,1-3H3/t26-,28?,29+/m0/s1. The van der Waals surface area contributed by atoms with Crippen LogP contribution >= 0.6 is 0 Å². The molecular formula is C31H31N5O4. The first-order valence-electron chi connectivity index (χ1n) is 13.0. The maximum atomic E-state index is 14.4. The molecule has 9 nitrogen and oxygen atoms in total. The number of aliphatic hydroxyl groups excluding tert-OH is 1. The molecule has 2 heterocycles. The second-order valence-electron chi connectivity index (χ2n) is 9.87. The van der Waals surface area contributed by atoms with Gasteiger partial charge in [-0.3, -0.25) is 24.3 Å². The lowest BCUT2D eigenvalue weighted by atomic mass is 9.96. The summed E-state index contributed by atoms with van der Waals surface area (Å²) in [5.74, 6) is -1.83. The van der Waals surface area contributed by atoms with Gasteiger partial charge in [-0.05, 0) is 30.0 Å². The van der Waals surface area contributed by atoms with Crippen LogP contribution in [0, 0.1) is 17.2 Å². The van der Waals surface area contributed by atoms with E-state index in [0.717, 1.165) is 10.6 Å². The third-order valence-electron chi connectivity index (χ3n) is 6.73. The molecule has 0 radical (unpaired) electrons. The fraction of sp³-hybridized carbons (Fsp3) is 0.258. The first-order chi connectivity index (χ1) is 19.2. The molecule has 9 heteroatoms.